The quantitative estimate of drug-likeness (QED) is 0.758. The van der Waals surface area contributed by atoms with E-state index >= 15 is 0 Å². The number of carbonyl (C=O) groups is 1. The second-order valence-electron chi connectivity index (χ2n) is 5.65. The Hall–Kier alpha value is -0.810. The Balaban J connectivity index is 2.46. The van der Waals surface area contributed by atoms with Crippen molar-refractivity contribution >= 4 is 6.09 Å². The number of amides is 1. The van der Waals surface area contributed by atoms with Crippen molar-refractivity contribution < 1.29 is 14.6 Å². The van der Waals surface area contributed by atoms with Crippen molar-refractivity contribution in [2.75, 3.05) is 19.7 Å². The molecule has 0 radical (unpaired) electrons. The highest BCUT2D eigenvalue weighted by atomic mass is 16.6. The van der Waals surface area contributed by atoms with Crippen LogP contribution in [0.15, 0.2) is 0 Å². The molecule has 1 rings (SSSR count). The summed E-state index contributed by atoms with van der Waals surface area (Å²) in [4.78, 5) is 13.5. The van der Waals surface area contributed by atoms with E-state index in [1.54, 1.807) is 4.90 Å². The number of hydrogen-bond donors (Lipinski definition) is 2. The van der Waals surface area contributed by atoms with Gasteiger partial charge in [-0.1, -0.05) is 0 Å². The van der Waals surface area contributed by atoms with Crippen molar-refractivity contribution in [3.63, 3.8) is 0 Å². The predicted molar refractivity (Wildman–Crippen MR) is 65.6 cm³/mol. The lowest BCUT2D eigenvalue weighted by Gasteiger charge is -2.37. The third-order valence-corrected chi connectivity index (χ3v) is 2.96. The molecule has 1 aliphatic rings. The number of nitrogens with two attached hydrogens (primary N) is 1. The van der Waals surface area contributed by atoms with Crippen LogP contribution in [0.2, 0.25) is 0 Å². The maximum atomic E-state index is 11.8. The maximum absolute atomic E-state index is 11.8. The van der Waals surface area contributed by atoms with Crippen molar-refractivity contribution in [2.24, 2.45) is 11.7 Å². The Morgan fingerprint density at radius 1 is 1.53 bits per heavy atom. The molecule has 0 aromatic heterocycles. The number of nitrogens with zero attached hydrogens (tertiary/aromatic N) is 1. The first kappa shape index (κ1) is 14.3. The molecular formula is C12H24N2O3. The van der Waals surface area contributed by atoms with Crippen LogP contribution in [0.4, 0.5) is 4.79 Å². The van der Waals surface area contributed by atoms with Gasteiger partial charge in [-0.2, -0.15) is 0 Å². The topological polar surface area (TPSA) is 75.8 Å². The fourth-order valence-electron chi connectivity index (χ4n) is 2.05. The minimum atomic E-state index is -0.469. The van der Waals surface area contributed by atoms with Gasteiger partial charge >= 0.3 is 6.09 Å². The van der Waals surface area contributed by atoms with Crippen LogP contribution in [0.5, 0.6) is 0 Å². The molecule has 0 aromatic carbocycles. The predicted octanol–water partition coefficient (Wildman–Crippen LogP) is 0.953. The van der Waals surface area contributed by atoms with Crippen LogP contribution in [0.1, 0.15) is 33.6 Å². The minimum Gasteiger partial charge on any atom is -0.444 e. The van der Waals surface area contributed by atoms with E-state index in [9.17, 15) is 4.79 Å². The molecule has 5 heteroatoms. The van der Waals surface area contributed by atoms with Crippen LogP contribution >= 0.6 is 0 Å². The largest absolute Gasteiger partial charge is 0.444 e. The molecule has 1 heterocycles. The van der Waals surface area contributed by atoms with E-state index in [4.69, 9.17) is 15.6 Å². The molecule has 5 nitrogen and oxygen atoms in total. The minimum absolute atomic E-state index is 0.0663. The zero-order chi connectivity index (χ0) is 13.1. The third-order valence-electron chi connectivity index (χ3n) is 2.96. The van der Waals surface area contributed by atoms with E-state index in [2.05, 4.69) is 0 Å². The summed E-state index contributed by atoms with van der Waals surface area (Å²) in [5, 5.41) is 8.90. The first-order valence-electron chi connectivity index (χ1n) is 6.18. The summed E-state index contributed by atoms with van der Waals surface area (Å²) < 4.78 is 5.30. The Kier molecular flexibility index (Phi) is 4.77. The van der Waals surface area contributed by atoms with E-state index in [1.165, 1.54) is 0 Å². The highest BCUT2D eigenvalue weighted by molar-refractivity contribution is 5.68. The average Bonchev–Trinajstić information content (AvgIpc) is 2.18. The van der Waals surface area contributed by atoms with Gasteiger partial charge in [0.15, 0.2) is 0 Å². The van der Waals surface area contributed by atoms with Gasteiger partial charge in [0.05, 0.1) is 0 Å². The highest BCUT2D eigenvalue weighted by Gasteiger charge is 2.31. The van der Waals surface area contributed by atoms with E-state index in [-0.39, 0.29) is 18.7 Å². The fraction of sp³-hybridized carbons (Fsp3) is 0.917. The van der Waals surface area contributed by atoms with Crippen LogP contribution in [0.3, 0.4) is 0 Å². The van der Waals surface area contributed by atoms with Crippen molar-refractivity contribution in [1.29, 1.82) is 0 Å². The van der Waals surface area contributed by atoms with Gasteiger partial charge in [-0.05, 0) is 39.5 Å². The number of aliphatic hydroxyl groups is 1. The Bertz CT molecular complexity index is 263. The monoisotopic (exact) mass is 244 g/mol. The van der Waals surface area contributed by atoms with Crippen molar-refractivity contribution in [3.8, 4) is 0 Å². The Labute approximate surface area is 103 Å². The fourth-order valence-corrected chi connectivity index (χ4v) is 2.05. The van der Waals surface area contributed by atoms with E-state index in [0.717, 1.165) is 6.42 Å². The smallest absolute Gasteiger partial charge is 0.410 e. The van der Waals surface area contributed by atoms with E-state index in [0.29, 0.717) is 25.4 Å². The van der Waals surface area contributed by atoms with Gasteiger partial charge in [-0.25, -0.2) is 4.79 Å². The van der Waals surface area contributed by atoms with Gasteiger partial charge in [0.25, 0.3) is 0 Å². The summed E-state index contributed by atoms with van der Waals surface area (Å²) in [5.41, 5.74) is 5.53. The second kappa shape index (κ2) is 5.69. The summed E-state index contributed by atoms with van der Waals surface area (Å²) >= 11 is 0. The number of ether oxygens (including phenoxy) is 1. The molecule has 0 saturated carbocycles. The second-order valence-corrected chi connectivity index (χ2v) is 5.65. The molecule has 0 aromatic rings. The number of hydrogen-bond acceptors (Lipinski definition) is 4. The zero-order valence-corrected chi connectivity index (χ0v) is 11.0. The summed E-state index contributed by atoms with van der Waals surface area (Å²) in [6, 6.07) is -0.0663. The van der Waals surface area contributed by atoms with E-state index in [1.807, 2.05) is 20.8 Å². The molecule has 0 spiro atoms. The van der Waals surface area contributed by atoms with Crippen LogP contribution in [-0.2, 0) is 4.74 Å². The Morgan fingerprint density at radius 3 is 2.65 bits per heavy atom. The number of aliphatic hydroxyl groups excluding tert-OH is 1. The third kappa shape index (κ3) is 4.52. The number of rotatable bonds is 2. The molecule has 2 unspecified atom stereocenters. The van der Waals surface area contributed by atoms with Crippen molar-refractivity contribution in [3.05, 3.63) is 0 Å². The van der Waals surface area contributed by atoms with Gasteiger partial charge in [-0.15, -0.1) is 0 Å². The molecule has 3 N–H and O–H groups in total. The Morgan fingerprint density at radius 2 is 2.18 bits per heavy atom. The molecule has 1 saturated heterocycles. The SMILES string of the molecule is CC(C)(C)OC(=O)N1CCC(CCO)C(N)C1. The molecule has 1 fully saturated rings. The molecular weight excluding hydrogens is 220 g/mol. The molecule has 2 atom stereocenters. The lowest BCUT2D eigenvalue weighted by Crippen LogP contribution is -2.51. The van der Waals surface area contributed by atoms with Crippen molar-refractivity contribution in [2.45, 2.75) is 45.3 Å². The first-order valence-corrected chi connectivity index (χ1v) is 6.18. The van der Waals surface area contributed by atoms with Crippen LogP contribution in [0.25, 0.3) is 0 Å². The van der Waals surface area contributed by atoms with Gasteiger partial charge < -0.3 is 20.5 Å². The lowest BCUT2D eigenvalue weighted by molar-refractivity contribution is 0.0149. The number of likely N-dealkylation sites (tertiary alicyclic amines) is 1. The van der Waals surface area contributed by atoms with Crippen LogP contribution in [-0.4, -0.2) is 47.4 Å². The maximum Gasteiger partial charge on any atom is 0.410 e. The number of carbonyl (C=O) groups excluding carboxylic acids is 1. The molecule has 17 heavy (non-hydrogen) atoms. The normalized spacial score (nSPS) is 25.8. The van der Waals surface area contributed by atoms with Gasteiger partial charge in [0, 0.05) is 25.7 Å². The van der Waals surface area contributed by atoms with Crippen molar-refractivity contribution in [1.82, 2.24) is 4.90 Å². The summed E-state index contributed by atoms with van der Waals surface area (Å²) in [5.74, 6) is 0.304. The van der Waals surface area contributed by atoms with Gasteiger partial charge in [0.1, 0.15) is 5.60 Å². The molecule has 0 aliphatic carbocycles. The van der Waals surface area contributed by atoms with Gasteiger partial charge in [0.2, 0.25) is 0 Å². The van der Waals surface area contributed by atoms with Crippen LogP contribution in [0, 0.1) is 5.92 Å². The first-order chi connectivity index (χ1) is 7.83. The van der Waals surface area contributed by atoms with Crippen LogP contribution < -0.4 is 5.73 Å². The van der Waals surface area contributed by atoms with E-state index < -0.39 is 5.60 Å². The zero-order valence-electron chi connectivity index (χ0n) is 11.0. The summed E-state index contributed by atoms with van der Waals surface area (Å²) in [6.07, 6.45) is 1.25. The molecule has 0 bridgehead atoms. The molecule has 1 aliphatic heterocycles. The number of piperidine rings is 1. The summed E-state index contributed by atoms with van der Waals surface area (Å²) in [6.45, 7) is 6.88. The summed E-state index contributed by atoms with van der Waals surface area (Å²) in [7, 11) is 0. The lowest BCUT2D eigenvalue weighted by atomic mass is 9.90. The molecule has 100 valence electrons. The standard InChI is InChI=1S/C12H24N2O3/c1-12(2,3)17-11(16)14-6-4-9(5-7-15)10(13)8-14/h9-10,15H,4-8,13H2,1-3H3. The highest BCUT2D eigenvalue weighted by Crippen LogP contribution is 2.21. The average molecular weight is 244 g/mol. The van der Waals surface area contributed by atoms with Gasteiger partial charge in [-0.3, -0.25) is 0 Å². The molecule has 1 amide bonds.